The van der Waals surface area contributed by atoms with Crippen molar-refractivity contribution in [2.75, 3.05) is 56.1 Å². The SMILES string of the molecule is Cl.Cl.NCCOc1ccc(NC(=O)CN2CCN(c3ccccn3)CC2)cc1. The van der Waals surface area contributed by atoms with E-state index in [2.05, 4.69) is 20.1 Å². The third kappa shape index (κ3) is 7.16. The molecule has 1 aliphatic rings. The predicted molar refractivity (Wildman–Crippen MR) is 117 cm³/mol. The minimum atomic E-state index is -0.00749. The van der Waals surface area contributed by atoms with Crippen molar-refractivity contribution in [3.63, 3.8) is 0 Å². The van der Waals surface area contributed by atoms with E-state index in [1.807, 2.05) is 48.7 Å². The number of benzene rings is 1. The summed E-state index contributed by atoms with van der Waals surface area (Å²) in [5.41, 5.74) is 6.18. The Bertz CT molecular complexity index is 695. The first-order valence-electron chi connectivity index (χ1n) is 8.86. The van der Waals surface area contributed by atoms with Crippen molar-refractivity contribution in [2.45, 2.75) is 0 Å². The maximum atomic E-state index is 12.3. The first-order chi connectivity index (χ1) is 12.7. The van der Waals surface area contributed by atoms with Crippen LogP contribution in [0.3, 0.4) is 0 Å². The fourth-order valence-electron chi connectivity index (χ4n) is 2.89. The topological polar surface area (TPSA) is 83.7 Å². The van der Waals surface area contributed by atoms with Crippen molar-refractivity contribution in [3.8, 4) is 5.75 Å². The summed E-state index contributed by atoms with van der Waals surface area (Å²) in [5.74, 6) is 1.74. The Balaban J connectivity index is 0.00000196. The zero-order valence-corrected chi connectivity index (χ0v) is 17.3. The van der Waals surface area contributed by atoms with Crippen molar-refractivity contribution in [3.05, 3.63) is 48.7 Å². The van der Waals surface area contributed by atoms with Gasteiger partial charge in [-0.25, -0.2) is 4.98 Å². The number of piperazine rings is 1. The Labute approximate surface area is 178 Å². The van der Waals surface area contributed by atoms with Gasteiger partial charge in [-0.2, -0.15) is 0 Å². The van der Waals surface area contributed by atoms with E-state index in [1.165, 1.54) is 0 Å². The lowest BCUT2D eigenvalue weighted by atomic mass is 10.2. The van der Waals surface area contributed by atoms with E-state index < -0.39 is 0 Å². The zero-order chi connectivity index (χ0) is 18.2. The first kappa shape index (κ1) is 24.0. The number of carbonyl (C=O) groups is 1. The van der Waals surface area contributed by atoms with Crippen molar-refractivity contribution >= 4 is 42.2 Å². The van der Waals surface area contributed by atoms with Crippen LogP contribution in [-0.4, -0.2) is 61.7 Å². The van der Waals surface area contributed by atoms with E-state index in [4.69, 9.17) is 10.5 Å². The number of hydrogen-bond donors (Lipinski definition) is 2. The van der Waals surface area contributed by atoms with Crippen molar-refractivity contribution < 1.29 is 9.53 Å². The van der Waals surface area contributed by atoms with Gasteiger partial charge < -0.3 is 20.7 Å². The van der Waals surface area contributed by atoms with Gasteiger partial charge in [0, 0.05) is 44.6 Å². The average Bonchev–Trinajstić information content (AvgIpc) is 2.69. The first-order valence-corrected chi connectivity index (χ1v) is 8.86. The molecule has 0 atom stereocenters. The van der Waals surface area contributed by atoms with Crippen molar-refractivity contribution in [1.29, 1.82) is 0 Å². The summed E-state index contributed by atoms with van der Waals surface area (Å²) in [6, 6.07) is 13.3. The highest BCUT2D eigenvalue weighted by Gasteiger charge is 2.19. The molecule has 0 spiro atoms. The van der Waals surface area contributed by atoms with E-state index in [-0.39, 0.29) is 30.7 Å². The molecule has 0 radical (unpaired) electrons. The highest BCUT2D eigenvalue weighted by Crippen LogP contribution is 2.16. The summed E-state index contributed by atoms with van der Waals surface area (Å²) in [4.78, 5) is 21.0. The number of aromatic nitrogens is 1. The number of nitrogens with zero attached hydrogens (tertiary/aromatic N) is 3. The summed E-state index contributed by atoms with van der Waals surface area (Å²) in [6.45, 7) is 4.78. The van der Waals surface area contributed by atoms with E-state index in [9.17, 15) is 4.79 Å². The Hall–Kier alpha value is -2.06. The van der Waals surface area contributed by atoms with Gasteiger partial charge in [0.05, 0.1) is 6.54 Å². The Morgan fingerprint density at radius 2 is 1.79 bits per heavy atom. The average molecular weight is 428 g/mol. The second kappa shape index (κ2) is 12.4. The van der Waals surface area contributed by atoms with Crippen molar-refractivity contribution in [1.82, 2.24) is 9.88 Å². The molecular weight excluding hydrogens is 401 g/mol. The molecule has 0 bridgehead atoms. The van der Waals surface area contributed by atoms with Crippen LogP contribution in [0.25, 0.3) is 0 Å². The van der Waals surface area contributed by atoms with Gasteiger partial charge in [-0.3, -0.25) is 9.69 Å². The summed E-state index contributed by atoms with van der Waals surface area (Å²) >= 11 is 0. The largest absolute Gasteiger partial charge is 0.492 e. The van der Waals surface area contributed by atoms with Gasteiger partial charge in [-0.15, -0.1) is 24.8 Å². The van der Waals surface area contributed by atoms with Gasteiger partial charge in [-0.05, 0) is 36.4 Å². The molecule has 154 valence electrons. The van der Waals surface area contributed by atoms with Crippen LogP contribution in [0.4, 0.5) is 11.5 Å². The fraction of sp³-hybridized carbons (Fsp3) is 0.368. The Morgan fingerprint density at radius 3 is 2.39 bits per heavy atom. The van der Waals surface area contributed by atoms with Gasteiger partial charge in [0.1, 0.15) is 18.2 Å². The van der Waals surface area contributed by atoms with Gasteiger partial charge in [-0.1, -0.05) is 6.07 Å². The molecule has 0 unspecified atom stereocenters. The maximum Gasteiger partial charge on any atom is 0.238 e. The summed E-state index contributed by atoms with van der Waals surface area (Å²) < 4.78 is 5.43. The van der Waals surface area contributed by atoms with Crippen LogP contribution in [0, 0.1) is 0 Å². The fourth-order valence-corrected chi connectivity index (χ4v) is 2.89. The van der Waals surface area contributed by atoms with Crippen molar-refractivity contribution in [2.24, 2.45) is 5.73 Å². The molecule has 1 saturated heterocycles. The highest BCUT2D eigenvalue weighted by atomic mass is 35.5. The third-order valence-electron chi connectivity index (χ3n) is 4.24. The zero-order valence-electron chi connectivity index (χ0n) is 15.6. The molecule has 1 aromatic heterocycles. The number of nitrogens with two attached hydrogens (primary N) is 1. The second-order valence-electron chi connectivity index (χ2n) is 6.16. The number of halogens is 2. The van der Waals surface area contributed by atoms with E-state index >= 15 is 0 Å². The Morgan fingerprint density at radius 1 is 1.07 bits per heavy atom. The quantitative estimate of drug-likeness (QED) is 0.702. The minimum Gasteiger partial charge on any atom is -0.492 e. The standard InChI is InChI=1S/C19H25N5O2.2ClH/c20-8-14-26-17-6-4-16(5-7-17)22-19(25)15-23-10-12-24(13-11-23)18-3-1-2-9-21-18;;/h1-7,9H,8,10-15,20H2,(H,22,25);2*1H. The van der Waals surface area contributed by atoms with Crippen LogP contribution in [-0.2, 0) is 4.79 Å². The molecule has 1 amide bonds. The molecule has 7 nitrogen and oxygen atoms in total. The molecule has 9 heteroatoms. The van der Waals surface area contributed by atoms with Crippen LogP contribution in [0.2, 0.25) is 0 Å². The summed E-state index contributed by atoms with van der Waals surface area (Å²) in [5, 5.41) is 2.93. The molecule has 2 heterocycles. The lowest BCUT2D eigenvalue weighted by Gasteiger charge is -2.34. The van der Waals surface area contributed by atoms with Gasteiger partial charge in [0.15, 0.2) is 0 Å². The minimum absolute atomic E-state index is 0. The van der Waals surface area contributed by atoms with E-state index in [0.717, 1.165) is 43.4 Å². The number of ether oxygens (including phenoxy) is 1. The molecule has 3 N–H and O–H groups in total. The molecule has 1 aliphatic heterocycles. The monoisotopic (exact) mass is 427 g/mol. The van der Waals surface area contributed by atoms with Gasteiger partial charge in [0.25, 0.3) is 0 Å². The number of carbonyl (C=O) groups excluding carboxylic acids is 1. The molecule has 2 aromatic rings. The summed E-state index contributed by atoms with van der Waals surface area (Å²) in [7, 11) is 0. The molecule has 3 rings (SSSR count). The number of anilines is 2. The van der Waals surface area contributed by atoms with E-state index in [0.29, 0.717) is 19.7 Å². The predicted octanol–water partition coefficient (Wildman–Crippen LogP) is 2.02. The molecule has 28 heavy (non-hydrogen) atoms. The normalized spacial score (nSPS) is 13.8. The number of amides is 1. The highest BCUT2D eigenvalue weighted by molar-refractivity contribution is 5.92. The van der Waals surface area contributed by atoms with Gasteiger partial charge >= 0.3 is 0 Å². The number of hydrogen-bond acceptors (Lipinski definition) is 6. The number of pyridine rings is 1. The second-order valence-corrected chi connectivity index (χ2v) is 6.16. The molecule has 0 saturated carbocycles. The molecule has 1 fully saturated rings. The van der Waals surface area contributed by atoms with Crippen LogP contribution < -0.4 is 20.7 Å². The molecule has 0 aliphatic carbocycles. The number of rotatable bonds is 7. The van der Waals surface area contributed by atoms with Gasteiger partial charge in [0.2, 0.25) is 5.91 Å². The molecular formula is C19H27Cl2N5O2. The van der Waals surface area contributed by atoms with E-state index in [1.54, 1.807) is 0 Å². The van der Waals surface area contributed by atoms with Crippen LogP contribution in [0.1, 0.15) is 0 Å². The van der Waals surface area contributed by atoms with Crippen LogP contribution in [0.5, 0.6) is 5.75 Å². The van der Waals surface area contributed by atoms with Crippen LogP contribution in [0.15, 0.2) is 48.7 Å². The lowest BCUT2D eigenvalue weighted by molar-refractivity contribution is -0.117. The lowest BCUT2D eigenvalue weighted by Crippen LogP contribution is -2.48. The maximum absolute atomic E-state index is 12.3. The van der Waals surface area contributed by atoms with Crippen LogP contribution >= 0.6 is 24.8 Å². The summed E-state index contributed by atoms with van der Waals surface area (Å²) in [6.07, 6.45) is 1.81. The molecule has 1 aromatic carbocycles. The Kier molecular flexibility index (Phi) is 10.6. The smallest absolute Gasteiger partial charge is 0.238 e. The number of nitrogens with one attached hydrogen (secondary N) is 1. The third-order valence-corrected chi connectivity index (χ3v) is 4.24.